The zero-order chi connectivity index (χ0) is 14.4. The Morgan fingerprint density at radius 1 is 1.26 bits per heavy atom. The molecule has 0 saturated heterocycles. The molecule has 0 amide bonds. The van der Waals surface area contributed by atoms with Gasteiger partial charge in [-0.25, -0.2) is 4.39 Å². The van der Waals surface area contributed by atoms with Crippen molar-refractivity contribution in [3.63, 3.8) is 0 Å². The molecule has 0 spiro atoms. The minimum Gasteiger partial charge on any atom is -0.313 e. The van der Waals surface area contributed by atoms with Crippen LogP contribution in [0.4, 0.5) is 4.39 Å². The van der Waals surface area contributed by atoms with Crippen molar-refractivity contribution >= 4 is 6.08 Å². The first-order valence-corrected chi connectivity index (χ1v) is 7.07. The summed E-state index contributed by atoms with van der Waals surface area (Å²) >= 11 is 0. The van der Waals surface area contributed by atoms with Gasteiger partial charge in [0.2, 0.25) is 0 Å². The molecule has 1 aromatic carbocycles. The van der Waals surface area contributed by atoms with E-state index in [2.05, 4.69) is 39.1 Å². The summed E-state index contributed by atoms with van der Waals surface area (Å²) in [5, 5.41) is 3.45. The van der Waals surface area contributed by atoms with E-state index < -0.39 is 0 Å². The number of halogens is 1. The van der Waals surface area contributed by atoms with Gasteiger partial charge in [-0.1, -0.05) is 51.5 Å². The lowest BCUT2D eigenvalue weighted by atomic mass is 9.99. The molecule has 0 fully saturated rings. The van der Waals surface area contributed by atoms with E-state index >= 15 is 0 Å². The summed E-state index contributed by atoms with van der Waals surface area (Å²) in [4.78, 5) is 0. The number of hydrogen-bond donors (Lipinski definition) is 1. The topological polar surface area (TPSA) is 12.0 Å². The molecule has 1 rings (SSSR count). The Hall–Kier alpha value is -1.15. The van der Waals surface area contributed by atoms with Gasteiger partial charge in [-0.2, -0.15) is 0 Å². The average Bonchev–Trinajstić information content (AvgIpc) is 2.32. The van der Waals surface area contributed by atoms with E-state index in [0.29, 0.717) is 17.4 Å². The Kier molecular flexibility index (Phi) is 6.23. The van der Waals surface area contributed by atoms with E-state index in [1.54, 1.807) is 13.0 Å². The van der Waals surface area contributed by atoms with Crippen molar-refractivity contribution in [1.82, 2.24) is 5.32 Å². The third-order valence-electron chi connectivity index (χ3n) is 3.17. The Bertz CT molecular complexity index is 433. The van der Waals surface area contributed by atoms with E-state index in [1.165, 1.54) is 5.57 Å². The maximum atomic E-state index is 13.5. The van der Waals surface area contributed by atoms with Crippen molar-refractivity contribution in [3.05, 3.63) is 40.7 Å². The van der Waals surface area contributed by atoms with E-state index in [4.69, 9.17) is 0 Å². The Morgan fingerprint density at radius 2 is 1.95 bits per heavy atom. The number of hydrogen-bond acceptors (Lipinski definition) is 1. The predicted octanol–water partition coefficient (Wildman–Crippen LogP) is 4.42. The number of nitrogens with one attached hydrogen (secondary N) is 1. The predicted molar refractivity (Wildman–Crippen MR) is 81.7 cm³/mol. The third kappa shape index (κ3) is 5.56. The van der Waals surface area contributed by atoms with Crippen LogP contribution in [0, 0.1) is 24.6 Å². The van der Waals surface area contributed by atoms with Gasteiger partial charge in [-0.15, -0.1) is 0 Å². The zero-order valence-electron chi connectivity index (χ0n) is 12.8. The van der Waals surface area contributed by atoms with Gasteiger partial charge in [0.25, 0.3) is 0 Å². The van der Waals surface area contributed by atoms with Crippen LogP contribution in [0.1, 0.15) is 38.8 Å². The molecular weight excluding hydrogens is 237 g/mol. The minimum atomic E-state index is -0.132. The molecule has 0 aromatic heterocycles. The van der Waals surface area contributed by atoms with Gasteiger partial charge in [0, 0.05) is 6.54 Å². The zero-order valence-corrected chi connectivity index (χ0v) is 12.8. The van der Waals surface area contributed by atoms with Crippen molar-refractivity contribution in [3.8, 4) is 0 Å². The van der Waals surface area contributed by atoms with Gasteiger partial charge >= 0.3 is 0 Å². The lowest BCUT2D eigenvalue weighted by Crippen LogP contribution is -2.23. The highest BCUT2D eigenvalue weighted by Gasteiger charge is 2.05. The maximum Gasteiger partial charge on any atom is 0.126 e. The number of benzene rings is 1. The van der Waals surface area contributed by atoms with Gasteiger partial charge in [0.1, 0.15) is 5.82 Å². The van der Waals surface area contributed by atoms with Crippen LogP contribution in [-0.4, -0.2) is 13.1 Å². The third-order valence-corrected chi connectivity index (χ3v) is 3.17. The monoisotopic (exact) mass is 263 g/mol. The minimum absolute atomic E-state index is 0.132. The Labute approximate surface area is 116 Å². The molecule has 0 aliphatic heterocycles. The van der Waals surface area contributed by atoms with Crippen LogP contribution in [0.3, 0.4) is 0 Å². The second-order valence-electron chi connectivity index (χ2n) is 5.91. The van der Waals surface area contributed by atoms with Crippen molar-refractivity contribution in [1.29, 1.82) is 0 Å². The second-order valence-corrected chi connectivity index (χ2v) is 5.91. The van der Waals surface area contributed by atoms with Crippen molar-refractivity contribution in [2.75, 3.05) is 13.1 Å². The van der Waals surface area contributed by atoms with E-state index in [-0.39, 0.29) is 5.82 Å². The molecule has 0 radical (unpaired) electrons. The van der Waals surface area contributed by atoms with Gasteiger partial charge in [0.05, 0.1) is 0 Å². The molecule has 1 nitrogen and oxygen atoms in total. The summed E-state index contributed by atoms with van der Waals surface area (Å²) < 4.78 is 13.5. The second kappa shape index (κ2) is 7.44. The molecule has 2 heteroatoms. The quantitative estimate of drug-likeness (QED) is 0.801. The summed E-state index contributed by atoms with van der Waals surface area (Å²) in [6.45, 7) is 12.4. The average molecular weight is 263 g/mol. The first-order valence-electron chi connectivity index (χ1n) is 7.07. The van der Waals surface area contributed by atoms with Crippen LogP contribution in [-0.2, 0) is 0 Å². The van der Waals surface area contributed by atoms with Crippen LogP contribution < -0.4 is 5.32 Å². The van der Waals surface area contributed by atoms with Gasteiger partial charge in [0.15, 0.2) is 0 Å². The smallest absolute Gasteiger partial charge is 0.126 e. The largest absolute Gasteiger partial charge is 0.313 e. The summed E-state index contributed by atoms with van der Waals surface area (Å²) in [6.07, 6.45) is 2.10. The summed E-state index contributed by atoms with van der Waals surface area (Å²) in [5.74, 6) is 0.973. The first-order chi connectivity index (χ1) is 8.90. The molecule has 0 aliphatic carbocycles. The fourth-order valence-corrected chi connectivity index (χ4v) is 1.84. The summed E-state index contributed by atoms with van der Waals surface area (Å²) in [7, 11) is 0. The molecular formula is C17H26FN. The molecule has 0 bridgehead atoms. The molecule has 1 aromatic rings. The molecule has 0 saturated carbocycles. The summed E-state index contributed by atoms with van der Waals surface area (Å²) in [5.41, 5.74) is 2.95. The molecule has 106 valence electrons. The normalized spacial score (nSPS) is 12.5. The molecule has 0 unspecified atom stereocenters. The summed E-state index contributed by atoms with van der Waals surface area (Å²) in [6, 6.07) is 5.42. The first kappa shape index (κ1) is 15.9. The molecule has 1 N–H and O–H groups in total. The van der Waals surface area contributed by atoms with Gasteiger partial charge in [-0.05, 0) is 42.5 Å². The Balaban J connectivity index is 2.79. The number of aryl methyl sites for hydroxylation is 1. The highest BCUT2D eigenvalue weighted by atomic mass is 19.1. The fraction of sp³-hybridized carbons (Fsp3) is 0.529. The van der Waals surface area contributed by atoms with Crippen LogP contribution in [0.25, 0.3) is 6.08 Å². The van der Waals surface area contributed by atoms with Crippen LogP contribution in [0.15, 0.2) is 23.8 Å². The van der Waals surface area contributed by atoms with E-state index in [0.717, 1.165) is 18.7 Å². The molecule has 0 heterocycles. The van der Waals surface area contributed by atoms with Crippen LogP contribution in [0.5, 0.6) is 0 Å². The van der Waals surface area contributed by atoms with Crippen LogP contribution in [0.2, 0.25) is 0 Å². The SMILES string of the molecule is Cc1ccc(C=C(CNCC(C)C)C(C)C)cc1F. The Morgan fingerprint density at radius 3 is 2.47 bits per heavy atom. The lowest BCUT2D eigenvalue weighted by molar-refractivity contribution is 0.558. The molecule has 0 atom stereocenters. The standard InChI is InChI=1S/C17H26FN/c1-12(2)10-19-11-16(13(3)4)8-15-7-6-14(5)17(18)9-15/h6-9,12-13,19H,10-11H2,1-5H3. The highest BCUT2D eigenvalue weighted by molar-refractivity contribution is 5.54. The molecule has 0 aliphatic rings. The van der Waals surface area contributed by atoms with Crippen molar-refractivity contribution in [2.45, 2.75) is 34.6 Å². The maximum absolute atomic E-state index is 13.5. The lowest BCUT2D eigenvalue weighted by Gasteiger charge is -2.14. The van der Waals surface area contributed by atoms with Crippen molar-refractivity contribution in [2.24, 2.45) is 11.8 Å². The van der Waals surface area contributed by atoms with Crippen molar-refractivity contribution < 1.29 is 4.39 Å². The van der Waals surface area contributed by atoms with Crippen LogP contribution >= 0.6 is 0 Å². The fourth-order valence-electron chi connectivity index (χ4n) is 1.84. The number of rotatable bonds is 6. The molecule has 19 heavy (non-hydrogen) atoms. The van der Waals surface area contributed by atoms with E-state index in [9.17, 15) is 4.39 Å². The van der Waals surface area contributed by atoms with E-state index in [1.807, 2.05) is 12.1 Å². The van der Waals surface area contributed by atoms with Gasteiger partial charge in [-0.3, -0.25) is 0 Å². The van der Waals surface area contributed by atoms with Gasteiger partial charge < -0.3 is 5.32 Å². The highest BCUT2D eigenvalue weighted by Crippen LogP contribution is 2.16.